The zero-order valence-corrected chi connectivity index (χ0v) is 24.5. The predicted octanol–water partition coefficient (Wildman–Crippen LogP) is 7.30. The maximum absolute atomic E-state index is 2.69. The zero-order valence-electron chi connectivity index (χ0n) is 20.9. The Morgan fingerprint density at radius 3 is 1.56 bits per heavy atom. The monoisotopic (exact) mass is 498 g/mol. The van der Waals surface area contributed by atoms with E-state index < -0.39 is 16.6 Å². The molecule has 0 radical (unpaired) electrons. The SMILES string of the molecule is CC1=[C]([Ti]([CH2]c2ccccc2)([CH2]c2ccccc2)[CH2]c2ccccc2)C2=C(CCCC2)C1C[SiH3]. The molecule has 0 saturated heterocycles. The molecule has 3 aromatic rings. The Labute approximate surface area is 213 Å². The Morgan fingerprint density at radius 1 is 0.676 bits per heavy atom. The predicted molar refractivity (Wildman–Crippen MR) is 147 cm³/mol. The molecule has 0 nitrogen and oxygen atoms in total. The van der Waals surface area contributed by atoms with Gasteiger partial charge in [0.25, 0.3) is 0 Å². The molecule has 0 aromatic heterocycles. The van der Waals surface area contributed by atoms with E-state index in [4.69, 9.17) is 0 Å². The van der Waals surface area contributed by atoms with Gasteiger partial charge in [0.2, 0.25) is 0 Å². The summed E-state index contributed by atoms with van der Waals surface area (Å²) in [5.74, 6) is 0.754. The van der Waals surface area contributed by atoms with Crippen LogP contribution in [-0.2, 0) is 30.8 Å². The summed E-state index contributed by atoms with van der Waals surface area (Å²) in [6, 6.07) is 35.7. The first-order valence-corrected chi connectivity index (χ1v) is 18.8. The topological polar surface area (TPSA) is 0 Å². The van der Waals surface area contributed by atoms with Crippen LogP contribution in [0.2, 0.25) is 6.04 Å². The minimum absolute atomic E-state index is 0.754. The minimum atomic E-state index is -2.69. The summed E-state index contributed by atoms with van der Waals surface area (Å²) in [5, 5.41) is 0. The van der Waals surface area contributed by atoms with Crippen molar-refractivity contribution in [2.45, 2.75) is 52.8 Å². The van der Waals surface area contributed by atoms with E-state index in [0.717, 1.165) is 5.92 Å². The van der Waals surface area contributed by atoms with Crippen molar-refractivity contribution in [3.05, 3.63) is 128 Å². The normalized spacial score (nSPS) is 18.4. The molecule has 0 N–H and O–H groups in total. The van der Waals surface area contributed by atoms with Gasteiger partial charge in [0, 0.05) is 0 Å². The molecule has 174 valence electrons. The van der Waals surface area contributed by atoms with E-state index in [1.807, 2.05) is 15.0 Å². The molecular formula is C32H38SiTi. The Bertz CT molecular complexity index is 1060. The molecule has 0 saturated carbocycles. The molecule has 2 aliphatic rings. The number of allylic oxidation sites excluding steroid dienone is 4. The van der Waals surface area contributed by atoms with Gasteiger partial charge in [0.05, 0.1) is 0 Å². The quantitative estimate of drug-likeness (QED) is 0.286. The third-order valence-electron chi connectivity index (χ3n) is 8.24. The summed E-state index contributed by atoms with van der Waals surface area (Å²) in [4.78, 5) is 0. The first-order valence-electron chi connectivity index (χ1n) is 13.3. The van der Waals surface area contributed by atoms with Crippen molar-refractivity contribution in [3.8, 4) is 0 Å². The first kappa shape index (κ1) is 23.8. The van der Waals surface area contributed by atoms with Gasteiger partial charge in [-0.2, -0.15) is 0 Å². The van der Waals surface area contributed by atoms with Gasteiger partial charge in [-0.15, -0.1) is 0 Å². The molecule has 0 amide bonds. The van der Waals surface area contributed by atoms with Crippen LogP contribution in [0.25, 0.3) is 0 Å². The molecule has 0 heterocycles. The van der Waals surface area contributed by atoms with Gasteiger partial charge in [-0.3, -0.25) is 0 Å². The molecule has 34 heavy (non-hydrogen) atoms. The van der Waals surface area contributed by atoms with E-state index in [0.29, 0.717) is 0 Å². The molecule has 1 atom stereocenters. The second kappa shape index (κ2) is 10.8. The van der Waals surface area contributed by atoms with Crippen LogP contribution in [0.4, 0.5) is 0 Å². The Morgan fingerprint density at radius 2 is 1.12 bits per heavy atom. The van der Waals surface area contributed by atoms with Crippen molar-refractivity contribution >= 4 is 10.2 Å². The molecule has 3 aromatic carbocycles. The summed E-state index contributed by atoms with van der Waals surface area (Å²) >= 11 is -2.69. The molecule has 2 aliphatic carbocycles. The second-order valence-electron chi connectivity index (χ2n) is 10.5. The molecule has 1 unspecified atom stereocenters. The average molecular weight is 499 g/mol. The fraction of sp³-hybridized carbons (Fsp3) is 0.312. The number of hydrogen-bond acceptors (Lipinski definition) is 0. The molecular weight excluding hydrogens is 460 g/mol. The van der Waals surface area contributed by atoms with Crippen molar-refractivity contribution in [1.82, 2.24) is 0 Å². The fourth-order valence-electron chi connectivity index (χ4n) is 6.98. The van der Waals surface area contributed by atoms with Gasteiger partial charge in [-0.05, 0) is 0 Å². The van der Waals surface area contributed by atoms with Gasteiger partial charge >= 0.3 is 214 Å². The fourth-order valence-corrected chi connectivity index (χ4v) is 17.3. The average Bonchev–Trinajstić information content (AvgIpc) is 3.17. The Balaban J connectivity index is 1.71. The van der Waals surface area contributed by atoms with Crippen LogP contribution >= 0.6 is 0 Å². The van der Waals surface area contributed by atoms with Gasteiger partial charge < -0.3 is 0 Å². The third-order valence-corrected chi connectivity index (χ3v) is 16.9. The van der Waals surface area contributed by atoms with Crippen LogP contribution in [0, 0.1) is 5.92 Å². The summed E-state index contributed by atoms with van der Waals surface area (Å²) in [6.07, 6.45) is 5.45. The summed E-state index contributed by atoms with van der Waals surface area (Å²) in [7, 11) is 1.29. The van der Waals surface area contributed by atoms with Crippen LogP contribution in [0.3, 0.4) is 0 Å². The van der Waals surface area contributed by atoms with Gasteiger partial charge in [0.15, 0.2) is 0 Å². The zero-order chi connectivity index (χ0) is 23.4. The molecule has 2 heteroatoms. The van der Waals surface area contributed by atoms with E-state index in [-0.39, 0.29) is 0 Å². The van der Waals surface area contributed by atoms with E-state index >= 15 is 0 Å². The molecule has 0 bridgehead atoms. The molecule has 0 fully saturated rings. The van der Waals surface area contributed by atoms with Crippen LogP contribution < -0.4 is 0 Å². The molecule has 5 rings (SSSR count). The van der Waals surface area contributed by atoms with Crippen LogP contribution in [0.5, 0.6) is 0 Å². The summed E-state index contributed by atoms with van der Waals surface area (Å²) in [6.45, 7) is 2.54. The third kappa shape index (κ3) is 4.89. The van der Waals surface area contributed by atoms with E-state index in [1.165, 1.54) is 56.1 Å². The first-order chi connectivity index (χ1) is 16.7. The maximum atomic E-state index is 2.54. The van der Waals surface area contributed by atoms with Crippen LogP contribution in [0.1, 0.15) is 49.3 Å². The van der Waals surface area contributed by atoms with E-state index in [9.17, 15) is 0 Å². The van der Waals surface area contributed by atoms with Crippen molar-refractivity contribution in [2.24, 2.45) is 5.92 Å². The summed E-state index contributed by atoms with van der Waals surface area (Å²) < 4.78 is 5.76. The number of rotatable bonds is 8. The standard InChI is InChI=1S/C11H17Si.3C7H7.Ti/c1-8-6-9-4-2-3-5-10(9)11(8)7-12;3*1-7-5-3-2-4-6-7;/h11H,2-5,7H2,1,12H3;3*2-6H,1H2;. The van der Waals surface area contributed by atoms with E-state index in [1.54, 1.807) is 22.3 Å². The van der Waals surface area contributed by atoms with Crippen LogP contribution in [0.15, 0.2) is 112 Å². The Kier molecular flexibility index (Phi) is 7.54. The molecule has 0 aliphatic heterocycles. The second-order valence-corrected chi connectivity index (χ2v) is 17.7. The van der Waals surface area contributed by atoms with Crippen LogP contribution in [-0.4, -0.2) is 10.2 Å². The van der Waals surface area contributed by atoms with Crippen molar-refractivity contribution < 1.29 is 16.6 Å². The van der Waals surface area contributed by atoms with Gasteiger partial charge in [0.1, 0.15) is 0 Å². The van der Waals surface area contributed by atoms with Gasteiger partial charge in [-0.25, -0.2) is 0 Å². The van der Waals surface area contributed by atoms with Crippen molar-refractivity contribution in [3.63, 3.8) is 0 Å². The van der Waals surface area contributed by atoms with Crippen molar-refractivity contribution in [1.29, 1.82) is 0 Å². The molecule has 0 spiro atoms. The summed E-state index contributed by atoms with van der Waals surface area (Å²) in [5.41, 5.74) is 10.1. The van der Waals surface area contributed by atoms with Crippen molar-refractivity contribution in [2.75, 3.05) is 0 Å². The van der Waals surface area contributed by atoms with E-state index in [2.05, 4.69) is 97.9 Å². The number of hydrogen-bond donors (Lipinski definition) is 0. The van der Waals surface area contributed by atoms with Gasteiger partial charge in [-0.1, -0.05) is 0 Å². The Hall–Kier alpha value is -1.93. The number of benzene rings is 3.